The molecule has 0 aromatic heterocycles. The van der Waals surface area contributed by atoms with Crippen LogP contribution in [0.15, 0.2) is 0 Å². The summed E-state index contributed by atoms with van der Waals surface area (Å²) in [6.07, 6.45) is 8.25. The molecule has 0 aromatic carbocycles. The normalized spacial score (nSPS) is 14.2. The van der Waals surface area contributed by atoms with Crippen molar-refractivity contribution < 1.29 is 9.53 Å². The number of ether oxygens (including phenoxy) is 1. The topological polar surface area (TPSA) is 52.3 Å². The Morgan fingerprint density at radius 3 is 2.62 bits per heavy atom. The number of hydrogen-bond acceptors (Lipinski definition) is 2. The van der Waals surface area contributed by atoms with Gasteiger partial charge in [0.1, 0.15) is 0 Å². The molecule has 0 aromatic rings. The van der Waals surface area contributed by atoms with E-state index in [0.717, 1.165) is 19.3 Å². The van der Waals surface area contributed by atoms with Crippen molar-refractivity contribution >= 4 is 6.09 Å². The second-order valence-corrected chi connectivity index (χ2v) is 3.25. The summed E-state index contributed by atoms with van der Waals surface area (Å²) in [5.74, 6) is 2.45. The average Bonchev–Trinajstić information content (AvgIpc) is 2.04. The number of hydrogen-bond donors (Lipinski definition) is 1. The van der Waals surface area contributed by atoms with Crippen molar-refractivity contribution in [3.63, 3.8) is 0 Å². The lowest BCUT2D eigenvalue weighted by molar-refractivity contribution is 0.0660. The van der Waals surface area contributed by atoms with E-state index in [1.54, 1.807) is 6.92 Å². The molecule has 0 bridgehead atoms. The number of rotatable bonds is 5. The molecule has 1 amide bonds. The van der Waals surface area contributed by atoms with Crippen molar-refractivity contribution in [1.29, 1.82) is 0 Å². The maximum absolute atomic E-state index is 10.5. The van der Waals surface area contributed by atoms with Crippen molar-refractivity contribution in [2.24, 2.45) is 5.73 Å². The largest absolute Gasteiger partial charge is 0.430 e. The van der Waals surface area contributed by atoms with Crippen LogP contribution in [0.3, 0.4) is 0 Å². The summed E-state index contributed by atoms with van der Waals surface area (Å²) >= 11 is 0. The predicted molar refractivity (Wildman–Crippen MR) is 52.0 cm³/mol. The van der Waals surface area contributed by atoms with E-state index in [-0.39, 0.29) is 0 Å². The Morgan fingerprint density at radius 1 is 1.62 bits per heavy atom. The molecule has 3 heteroatoms. The number of unbranched alkanes of at least 4 members (excludes halogenated alkanes) is 2. The maximum atomic E-state index is 10.5. The fourth-order valence-corrected chi connectivity index (χ4v) is 1.09. The van der Waals surface area contributed by atoms with Crippen molar-refractivity contribution in [2.75, 3.05) is 0 Å². The second kappa shape index (κ2) is 5.47. The van der Waals surface area contributed by atoms with Crippen LogP contribution in [0.4, 0.5) is 4.79 Å². The van der Waals surface area contributed by atoms with E-state index in [9.17, 15) is 4.79 Å². The van der Waals surface area contributed by atoms with Crippen LogP contribution in [0.5, 0.6) is 0 Å². The minimum Gasteiger partial charge on any atom is -0.430 e. The number of carbonyl (C=O) groups is 1. The van der Waals surface area contributed by atoms with Gasteiger partial charge in [-0.15, -0.1) is 6.42 Å². The zero-order chi connectivity index (χ0) is 10.3. The van der Waals surface area contributed by atoms with Crippen molar-refractivity contribution in [3.8, 4) is 12.3 Å². The summed E-state index contributed by atoms with van der Waals surface area (Å²) in [4.78, 5) is 10.5. The molecular formula is C10H17NO2. The zero-order valence-electron chi connectivity index (χ0n) is 8.30. The smallest absolute Gasteiger partial charge is 0.406 e. The Kier molecular flexibility index (Phi) is 4.98. The van der Waals surface area contributed by atoms with E-state index in [4.69, 9.17) is 16.9 Å². The fraction of sp³-hybridized carbons (Fsp3) is 0.700. The summed E-state index contributed by atoms with van der Waals surface area (Å²) in [5, 5.41) is 0. The Hall–Kier alpha value is -1.17. The molecular weight excluding hydrogens is 166 g/mol. The molecule has 2 N–H and O–H groups in total. The van der Waals surface area contributed by atoms with Crippen LogP contribution in [-0.2, 0) is 4.74 Å². The van der Waals surface area contributed by atoms with Gasteiger partial charge in [-0.1, -0.05) is 25.7 Å². The lowest BCUT2D eigenvalue weighted by Gasteiger charge is -2.22. The highest BCUT2D eigenvalue weighted by molar-refractivity contribution is 5.65. The van der Waals surface area contributed by atoms with Gasteiger partial charge in [0.05, 0.1) is 0 Å². The highest BCUT2D eigenvalue weighted by atomic mass is 16.6. The van der Waals surface area contributed by atoms with Crippen molar-refractivity contribution in [1.82, 2.24) is 0 Å². The third-order valence-electron chi connectivity index (χ3n) is 1.89. The Bertz CT molecular complexity index is 207. The van der Waals surface area contributed by atoms with Gasteiger partial charge in [0.2, 0.25) is 0 Å². The Labute approximate surface area is 79.6 Å². The monoisotopic (exact) mass is 183 g/mol. The first kappa shape index (κ1) is 11.8. The minimum absolute atomic E-state index is 0.667. The first-order chi connectivity index (χ1) is 6.04. The highest BCUT2D eigenvalue weighted by Gasteiger charge is 2.24. The molecule has 0 heterocycles. The van der Waals surface area contributed by atoms with Crippen LogP contribution in [0.1, 0.15) is 39.5 Å². The van der Waals surface area contributed by atoms with Crippen LogP contribution in [-0.4, -0.2) is 11.7 Å². The van der Waals surface area contributed by atoms with Gasteiger partial charge in [-0.3, -0.25) is 0 Å². The molecule has 0 saturated heterocycles. The summed E-state index contributed by atoms with van der Waals surface area (Å²) < 4.78 is 4.84. The molecule has 1 atom stereocenters. The van der Waals surface area contributed by atoms with Gasteiger partial charge < -0.3 is 10.5 Å². The first-order valence-corrected chi connectivity index (χ1v) is 4.50. The van der Waals surface area contributed by atoms with Gasteiger partial charge in [-0.25, -0.2) is 4.79 Å². The molecule has 0 rings (SSSR count). The quantitative estimate of drug-likeness (QED) is 0.524. The second-order valence-electron chi connectivity index (χ2n) is 3.25. The van der Waals surface area contributed by atoms with E-state index in [1.807, 2.05) is 0 Å². The summed E-state index contributed by atoms with van der Waals surface area (Å²) in [7, 11) is 0. The SMILES string of the molecule is C#CC(C)(CCCCC)OC(N)=O. The van der Waals surface area contributed by atoms with Crippen LogP contribution in [0.25, 0.3) is 0 Å². The number of primary amides is 1. The van der Waals surface area contributed by atoms with Gasteiger partial charge in [0.15, 0.2) is 5.60 Å². The molecule has 13 heavy (non-hydrogen) atoms. The van der Waals surface area contributed by atoms with Crippen LogP contribution in [0, 0.1) is 12.3 Å². The van der Waals surface area contributed by atoms with E-state index in [2.05, 4.69) is 12.8 Å². The lowest BCUT2D eigenvalue weighted by Crippen LogP contribution is -2.32. The number of carbonyl (C=O) groups excluding carboxylic acids is 1. The zero-order valence-corrected chi connectivity index (χ0v) is 8.30. The van der Waals surface area contributed by atoms with Crippen LogP contribution in [0.2, 0.25) is 0 Å². The van der Waals surface area contributed by atoms with Gasteiger partial charge in [-0.2, -0.15) is 0 Å². The molecule has 0 aliphatic rings. The molecule has 0 fully saturated rings. The van der Waals surface area contributed by atoms with Crippen molar-refractivity contribution in [2.45, 2.75) is 45.1 Å². The third-order valence-corrected chi connectivity index (χ3v) is 1.89. The Morgan fingerprint density at radius 2 is 2.23 bits per heavy atom. The molecule has 0 spiro atoms. The lowest BCUT2D eigenvalue weighted by atomic mass is 9.99. The van der Waals surface area contributed by atoms with E-state index < -0.39 is 11.7 Å². The predicted octanol–water partition coefficient (Wildman–Crippen LogP) is 2.05. The summed E-state index contributed by atoms with van der Waals surface area (Å²) in [6, 6.07) is 0. The van der Waals surface area contributed by atoms with Crippen LogP contribution >= 0.6 is 0 Å². The molecule has 1 unspecified atom stereocenters. The van der Waals surface area contributed by atoms with E-state index in [1.165, 1.54) is 0 Å². The summed E-state index contributed by atoms with van der Waals surface area (Å²) in [5.41, 5.74) is 4.07. The van der Waals surface area contributed by atoms with E-state index >= 15 is 0 Å². The standard InChI is InChI=1S/C10H17NO2/c1-4-6-7-8-10(3,5-2)13-9(11)12/h2H,4,6-8H2,1,3H3,(H2,11,12). The van der Waals surface area contributed by atoms with Gasteiger partial charge in [0, 0.05) is 0 Å². The molecule has 74 valence electrons. The number of terminal acetylenes is 1. The fourth-order valence-electron chi connectivity index (χ4n) is 1.09. The van der Waals surface area contributed by atoms with Crippen molar-refractivity contribution in [3.05, 3.63) is 0 Å². The summed E-state index contributed by atoms with van der Waals surface area (Å²) in [6.45, 7) is 3.80. The third kappa shape index (κ3) is 5.13. The average molecular weight is 183 g/mol. The van der Waals surface area contributed by atoms with E-state index in [0.29, 0.717) is 6.42 Å². The molecule has 0 radical (unpaired) electrons. The van der Waals surface area contributed by atoms with Gasteiger partial charge in [-0.05, 0) is 19.8 Å². The molecule has 0 aliphatic carbocycles. The Balaban J connectivity index is 3.98. The first-order valence-electron chi connectivity index (χ1n) is 4.50. The maximum Gasteiger partial charge on any atom is 0.406 e. The number of nitrogens with two attached hydrogens (primary N) is 1. The van der Waals surface area contributed by atoms with Crippen LogP contribution < -0.4 is 5.73 Å². The molecule has 3 nitrogen and oxygen atoms in total. The minimum atomic E-state index is -0.832. The van der Waals surface area contributed by atoms with Gasteiger partial charge in [0.25, 0.3) is 0 Å². The molecule has 0 aliphatic heterocycles. The number of amides is 1. The highest BCUT2D eigenvalue weighted by Crippen LogP contribution is 2.18. The molecule has 0 saturated carbocycles. The van der Waals surface area contributed by atoms with Gasteiger partial charge >= 0.3 is 6.09 Å².